The Labute approximate surface area is 160 Å². The lowest BCUT2D eigenvalue weighted by molar-refractivity contribution is -0.117. The Hall–Kier alpha value is -2.25. The smallest absolute Gasteiger partial charge is 0.238 e. The van der Waals surface area contributed by atoms with Gasteiger partial charge in [0, 0.05) is 17.6 Å². The quantitative estimate of drug-likeness (QED) is 0.710. The van der Waals surface area contributed by atoms with E-state index in [1.54, 1.807) is 0 Å². The molecule has 2 aromatic carbocycles. The zero-order valence-electron chi connectivity index (χ0n) is 14.3. The fraction of sp³-hybridized carbons (Fsp3) is 0.316. The number of carbonyl (C=O) groups excluding carboxylic acids is 1. The van der Waals surface area contributed by atoms with E-state index in [4.69, 9.17) is 0 Å². The Morgan fingerprint density at radius 2 is 1.85 bits per heavy atom. The van der Waals surface area contributed by atoms with Gasteiger partial charge in [-0.15, -0.1) is 5.10 Å². The van der Waals surface area contributed by atoms with Gasteiger partial charge in [0.2, 0.25) is 5.91 Å². The average Bonchev–Trinajstić information content (AvgIpc) is 3.08. The minimum atomic E-state index is 0.0153. The van der Waals surface area contributed by atoms with E-state index < -0.39 is 0 Å². The SMILES string of the molecule is O=C(CN1CCC(n2nnc3ccccc32)CC1)Nc1ccccc1Br. The summed E-state index contributed by atoms with van der Waals surface area (Å²) in [6.07, 6.45) is 1.94. The number of anilines is 1. The van der Waals surface area contributed by atoms with Crippen LogP contribution in [0.5, 0.6) is 0 Å². The number of aromatic nitrogens is 3. The molecule has 0 atom stereocenters. The molecule has 7 heteroatoms. The van der Waals surface area contributed by atoms with Gasteiger partial charge < -0.3 is 5.32 Å². The Kier molecular flexibility index (Phi) is 4.99. The van der Waals surface area contributed by atoms with E-state index in [2.05, 4.69) is 42.5 Å². The molecule has 1 aliphatic heterocycles. The van der Waals surface area contributed by atoms with E-state index in [-0.39, 0.29) is 5.91 Å². The van der Waals surface area contributed by atoms with Crippen molar-refractivity contribution in [1.29, 1.82) is 0 Å². The van der Waals surface area contributed by atoms with Crippen molar-refractivity contribution in [2.75, 3.05) is 25.0 Å². The molecule has 0 unspecified atom stereocenters. The largest absolute Gasteiger partial charge is 0.324 e. The highest BCUT2D eigenvalue weighted by atomic mass is 79.9. The number of carbonyl (C=O) groups is 1. The number of hydrogen-bond donors (Lipinski definition) is 1. The average molecular weight is 414 g/mol. The molecule has 4 rings (SSSR count). The summed E-state index contributed by atoms with van der Waals surface area (Å²) >= 11 is 3.46. The third-order valence-electron chi connectivity index (χ3n) is 4.80. The first-order valence-electron chi connectivity index (χ1n) is 8.77. The van der Waals surface area contributed by atoms with Gasteiger partial charge in [-0.25, -0.2) is 4.68 Å². The molecule has 26 heavy (non-hydrogen) atoms. The van der Waals surface area contributed by atoms with Gasteiger partial charge in [0.1, 0.15) is 5.52 Å². The van der Waals surface area contributed by atoms with Crippen LogP contribution in [0, 0.1) is 0 Å². The Morgan fingerprint density at radius 3 is 2.65 bits per heavy atom. The summed E-state index contributed by atoms with van der Waals surface area (Å²) in [4.78, 5) is 14.5. The third-order valence-corrected chi connectivity index (χ3v) is 5.49. The summed E-state index contributed by atoms with van der Waals surface area (Å²) in [6.45, 7) is 2.16. The van der Waals surface area contributed by atoms with Crippen molar-refractivity contribution in [3.63, 3.8) is 0 Å². The second-order valence-electron chi connectivity index (χ2n) is 6.56. The molecule has 0 spiro atoms. The number of rotatable bonds is 4. The highest BCUT2D eigenvalue weighted by Gasteiger charge is 2.24. The lowest BCUT2D eigenvalue weighted by atomic mass is 10.0. The summed E-state index contributed by atoms with van der Waals surface area (Å²) in [7, 11) is 0. The van der Waals surface area contributed by atoms with Crippen LogP contribution in [0.15, 0.2) is 53.0 Å². The number of hydrogen-bond acceptors (Lipinski definition) is 4. The molecule has 1 amide bonds. The van der Waals surface area contributed by atoms with Gasteiger partial charge in [-0.3, -0.25) is 9.69 Å². The van der Waals surface area contributed by atoms with Crippen LogP contribution in [0.2, 0.25) is 0 Å². The molecule has 1 fully saturated rings. The van der Waals surface area contributed by atoms with Crippen LogP contribution < -0.4 is 5.32 Å². The molecule has 1 aliphatic rings. The standard InChI is InChI=1S/C19H20BrN5O/c20-15-5-1-2-6-16(15)21-19(26)13-24-11-9-14(10-12-24)25-18-8-4-3-7-17(18)22-23-25/h1-8,14H,9-13H2,(H,21,26). The first-order chi connectivity index (χ1) is 12.7. The summed E-state index contributed by atoms with van der Waals surface area (Å²) in [6, 6.07) is 16.0. The summed E-state index contributed by atoms with van der Waals surface area (Å²) < 4.78 is 2.93. The molecule has 1 aromatic heterocycles. The molecule has 1 saturated heterocycles. The molecule has 3 aromatic rings. The normalized spacial score (nSPS) is 16.0. The topological polar surface area (TPSA) is 63.1 Å². The number of piperidine rings is 1. The van der Waals surface area contributed by atoms with Gasteiger partial charge in [0.05, 0.1) is 23.8 Å². The molecule has 0 aliphatic carbocycles. The zero-order chi connectivity index (χ0) is 17.9. The predicted molar refractivity (Wildman–Crippen MR) is 105 cm³/mol. The van der Waals surface area contributed by atoms with Crippen molar-refractivity contribution in [3.05, 3.63) is 53.0 Å². The van der Waals surface area contributed by atoms with Crippen LogP contribution in [0.25, 0.3) is 11.0 Å². The third kappa shape index (κ3) is 3.64. The molecule has 0 bridgehead atoms. The minimum absolute atomic E-state index is 0.0153. The lowest BCUT2D eigenvalue weighted by Gasteiger charge is -2.31. The van der Waals surface area contributed by atoms with E-state index >= 15 is 0 Å². The Morgan fingerprint density at radius 1 is 1.12 bits per heavy atom. The molecular formula is C19H20BrN5O. The van der Waals surface area contributed by atoms with E-state index in [1.165, 1.54) is 0 Å². The number of nitrogens with one attached hydrogen (secondary N) is 1. The first kappa shape index (κ1) is 17.2. The number of fused-ring (bicyclic) bond motifs is 1. The Balaban J connectivity index is 1.34. The van der Waals surface area contributed by atoms with Crippen molar-refractivity contribution in [2.24, 2.45) is 0 Å². The molecule has 6 nitrogen and oxygen atoms in total. The van der Waals surface area contributed by atoms with Crippen LogP contribution >= 0.6 is 15.9 Å². The van der Waals surface area contributed by atoms with Crippen molar-refractivity contribution in [2.45, 2.75) is 18.9 Å². The predicted octanol–water partition coefficient (Wildman–Crippen LogP) is 3.47. The van der Waals surface area contributed by atoms with Crippen molar-refractivity contribution < 1.29 is 4.79 Å². The fourth-order valence-electron chi connectivity index (χ4n) is 3.43. The Bertz CT molecular complexity index is 917. The summed E-state index contributed by atoms with van der Waals surface area (Å²) in [5, 5.41) is 11.5. The fourth-order valence-corrected chi connectivity index (χ4v) is 3.82. The maximum Gasteiger partial charge on any atom is 0.238 e. The van der Waals surface area contributed by atoms with E-state index in [1.807, 2.05) is 47.1 Å². The minimum Gasteiger partial charge on any atom is -0.324 e. The van der Waals surface area contributed by atoms with Crippen LogP contribution in [0.3, 0.4) is 0 Å². The van der Waals surface area contributed by atoms with Crippen molar-refractivity contribution >= 4 is 38.6 Å². The number of para-hydroxylation sites is 2. The molecule has 134 valence electrons. The molecule has 0 radical (unpaired) electrons. The van der Waals surface area contributed by atoms with Crippen LogP contribution in [-0.4, -0.2) is 45.4 Å². The first-order valence-corrected chi connectivity index (χ1v) is 9.56. The maximum absolute atomic E-state index is 12.3. The molecule has 1 N–H and O–H groups in total. The number of benzene rings is 2. The van der Waals surface area contributed by atoms with Crippen LogP contribution in [0.4, 0.5) is 5.69 Å². The molecule has 0 saturated carbocycles. The number of amides is 1. The zero-order valence-corrected chi connectivity index (χ0v) is 15.9. The second-order valence-corrected chi connectivity index (χ2v) is 7.41. The van der Waals surface area contributed by atoms with E-state index in [0.29, 0.717) is 12.6 Å². The highest BCUT2D eigenvalue weighted by molar-refractivity contribution is 9.10. The lowest BCUT2D eigenvalue weighted by Crippen LogP contribution is -2.39. The van der Waals surface area contributed by atoms with Gasteiger partial charge in [0.25, 0.3) is 0 Å². The van der Waals surface area contributed by atoms with Gasteiger partial charge in [-0.2, -0.15) is 0 Å². The number of likely N-dealkylation sites (tertiary alicyclic amines) is 1. The van der Waals surface area contributed by atoms with Gasteiger partial charge in [-0.1, -0.05) is 29.5 Å². The number of nitrogens with zero attached hydrogens (tertiary/aromatic N) is 4. The molecular weight excluding hydrogens is 394 g/mol. The molecule has 2 heterocycles. The summed E-state index contributed by atoms with van der Waals surface area (Å²) in [5.74, 6) is 0.0153. The van der Waals surface area contributed by atoms with E-state index in [9.17, 15) is 4.79 Å². The number of halogens is 1. The second kappa shape index (κ2) is 7.55. The maximum atomic E-state index is 12.3. The van der Waals surface area contributed by atoms with Crippen molar-refractivity contribution in [3.8, 4) is 0 Å². The van der Waals surface area contributed by atoms with Gasteiger partial charge >= 0.3 is 0 Å². The van der Waals surface area contributed by atoms with Crippen LogP contribution in [-0.2, 0) is 4.79 Å². The monoisotopic (exact) mass is 413 g/mol. The van der Waals surface area contributed by atoms with Gasteiger partial charge in [-0.05, 0) is 53.0 Å². The van der Waals surface area contributed by atoms with E-state index in [0.717, 1.165) is 47.1 Å². The highest BCUT2D eigenvalue weighted by Crippen LogP contribution is 2.25. The van der Waals surface area contributed by atoms with Crippen molar-refractivity contribution in [1.82, 2.24) is 19.9 Å². The summed E-state index contributed by atoms with van der Waals surface area (Å²) in [5.41, 5.74) is 2.82. The van der Waals surface area contributed by atoms with Gasteiger partial charge in [0.15, 0.2) is 0 Å². The van der Waals surface area contributed by atoms with Crippen LogP contribution in [0.1, 0.15) is 18.9 Å².